The van der Waals surface area contributed by atoms with E-state index >= 15 is 0 Å². The molecule has 1 saturated heterocycles. The molecule has 4 aromatic rings. The summed E-state index contributed by atoms with van der Waals surface area (Å²) >= 11 is 0. The fourth-order valence-electron chi connectivity index (χ4n) is 5.07. The van der Waals surface area contributed by atoms with Gasteiger partial charge in [-0.3, -0.25) is 4.79 Å². The Morgan fingerprint density at radius 3 is 2.94 bits per heavy atom. The molecule has 1 fully saturated rings. The summed E-state index contributed by atoms with van der Waals surface area (Å²) in [7, 11) is 0. The number of piperidine rings is 1. The number of rotatable bonds is 5. The molecule has 0 radical (unpaired) electrons. The van der Waals surface area contributed by atoms with E-state index in [0.717, 1.165) is 54.8 Å². The summed E-state index contributed by atoms with van der Waals surface area (Å²) in [5, 5.41) is 0. The first-order chi connectivity index (χ1) is 16.2. The molecule has 6 nitrogen and oxygen atoms in total. The number of hydrogen-bond donors (Lipinski definition) is 1. The molecule has 2 aliphatic rings. The first kappa shape index (κ1) is 20.1. The number of carbonyl (C=O) groups is 1. The number of aryl methyl sites for hydroxylation is 2. The minimum atomic E-state index is -0.0698. The lowest BCUT2D eigenvalue weighted by molar-refractivity contribution is 0.0668. The number of likely N-dealkylation sites (tertiary alicyclic amines) is 1. The lowest BCUT2D eigenvalue weighted by Crippen LogP contribution is -2.39. The maximum Gasteiger partial charge on any atom is 0.289 e. The molecule has 0 spiro atoms. The van der Waals surface area contributed by atoms with Crippen LogP contribution >= 0.6 is 0 Å². The van der Waals surface area contributed by atoms with Gasteiger partial charge in [-0.25, -0.2) is 4.98 Å². The molecule has 1 aliphatic heterocycles. The van der Waals surface area contributed by atoms with Crippen molar-refractivity contribution in [3.8, 4) is 5.75 Å². The molecular weight excluding hydrogens is 414 g/mol. The normalized spacial score (nSPS) is 17.9. The van der Waals surface area contributed by atoms with Crippen LogP contribution in [-0.4, -0.2) is 33.9 Å². The third kappa shape index (κ3) is 4.01. The summed E-state index contributed by atoms with van der Waals surface area (Å²) in [5.41, 5.74) is 4.81. The highest BCUT2D eigenvalue weighted by atomic mass is 16.5. The van der Waals surface area contributed by atoms with E-state index < -0.39 is 0 Å². The molecule has 1 aliphatic carbocycles. The van der Waals surface area contributed by atoms with Crippen molar-refractivity contribution < 1.29 is 13.9 Å². The van der Waals surface area contributed by atoms with Crippen molar-refractivity contribution >= 4 is 16.9 Å². The van der Waals surface area contributed by atoms with Gasteiger partial charge in [-0.05, 0) is 79.6 Å². The molecule has 1 atom stereocenters. The standard InChI is InChI=1S/C27H27N3O3/c31-27(30-14-4-7-20(16-30)26-28-23-8-1-2-9-24(23)29-26)25-13-12-22(33-25)17-32-21-11-10-18-5-3-6-19(18)15-21/h1-2,8-13,15,20H,3-7,14,16-17H2,(H,28,29). The van der Waals surface area contributed by atoms with Crippen molar-refractivity contribution in [3.63, 3.8) is 0 Å². The summed E-state index contributed by atoms with van der Waals surface area (Å²) in [4.78, 5) is 23.2. The molecule has 33 heavy (non-hydrogen) atoms. The van der Waals surface area contributed by atoms with Crippen LogP contribution in [0.15, 0.2) is 59.0 Å². The quantitative estimate of drug-likeness (QED) is 0.460. The SMILES string of the molecule is O=C(c1ccc(COc2ccc3c(c2)CCC3)o1)N1CCCC(c2nc3ccccc3[nH]2)C1. The Morgan fingerprint density at radius 1 is 1.09 bits per heavy atom. The number of fused-ring (bicyclic) bond motifs is 2. The summed E-state index contributed by atoms with van der Waals surface area (Å²) in [6.07, 6.45) is 5.46. The van der Waals surface area contributed by atoms with Crippen LogP contribution in [0.2, 0.25) is 0 Å². The lowest BCUT2D eigenvalue weighted by Gasteiger charge is -2.31. The maximum absolute atomic E-state index is 13.1. The second-order valence-corrected chi connectivity index (χ2v) is 9.07. The molecule has 168 valence electrons. The second-order valence-electron chi connectivity index (χ2n) is 9.07. The molecule has 1 unspecified atom stereocenters. The predicted octanol–water partition coefficient (Wildman–Crippen LogP) is 5.24. The summed E-state index contributed by atoms with van der Waals surface area (Å²) < 4.78 is 11.8. The van der Waals surface area contributed by atoms with Crippen molar-refractivity contribution in [2.75, 3.05) is 13.1 Å². The number of furan rings is 1. The number of hydrogen-bond acceptors (Lipinski definition) is 4. The van der Waals surface area contributed by atoms with Crippen LogP contribution < -0.4 is 4.74 Å². The zero-order chi connectivity index (χ0) is 22.2. The van der Waals surface area contributed by atoms with Gasteiger partial charge in [0.15, 0.2) is 5.76 Å². The maximum atomic E-state index is 13.1. The Morgan fingerprint density at radius 2 is 2.00 bits per heavy atom. The van der Waals surface area contributed by atoms with Crippen LogP contribution in [0.5, 0.6) is 5.75 Å². The van der Waals surface area contributed by atoms with E-state index in [-0.39, 0.29) is 11.8 Å². The van der Waals surface area contributed by atoms with E-state index in [1.54, 1.807) is 6.07 Å². The Bertz CT molecular complexity index is 1270. The first-order valence-corrected chi connectivity index (χ1v) is 11.8. The number of ether oxygens (including phenoxy) is 1. The van der Waals surface area contributed by atoms with Gasteiger partial charge in [-0.1, -0.05) is 18.2 Å². The molecule has 3 heterocycles. The molecule has 0 bridgehead atoms. The van der Waals surface area contributed by atoms with Crippen LogP contribution in [0.1, 0.15) is 58.4 Å². The second kappa shape index (κ2) is 8.43. The summed E-state index contributed by atoms with van der Waals surface area (Å²) in [6.45, 7) is 1.69. The molecule has 2 aromatic heterocycles. The van der Waals surface area contributed by atoms with Crippen LogP contribution in [0.4, 0.5) is 0 Å². The number of H-pyrrole nitrogens is 1. The zero-order valence-corrected chi connectivity index (χ0v) is 18.5. The van der Waals surface area contributed by atoms with Crippen LogP contribution in [0, 0.1) is 0 Å². The van der Waals surface area contributed by atoms with E-state index in [2.05, 4.69) is 17.1 Å². The fourth-order valence-corrected chi connectivity index (χ4v) is 5.07. The first-order valence-electron chi connectivity index (χ1n) is 11.8. The molecular formula is C27H27N3O3. The molecule has 1 amide bonds. The van der Waals surface area contributed by atoms with E-state index in [9.17, 15) is 4.79 Å². The van der Waals surface area contributed by atoms with Gasteiger partial charge in [-0.15, -0.1) is 0 Å². The predicted molar refractivity (Wildman–Crippen MR) is 125 cm³/mol. The number of carbonyl (C=O) groups excluding carboxylic acids is 1. The summed E-state index contributed by atoms with van der Waals surface area (Å²) in [5.74, 6) is 2.96. The number of aromatic nitrogens is 2. The van der Waals surface area contributed by atoms with Crippen LogP contribution in [-0.2, 0) is 19.4 Å². The van der Waals surface area contributed by atoms with Gasteiger partial charge >= 0.3 is 0 Å². The highest BCUT2D eigenvalue weighted by molar-refractivity contribution is 5.91. The largest absolute Gasteiger partial charge is 0.486 e. The molecule has 1 N–H and O–H groups in total. The smallest absolute Gasteiger partial charge is 0.289 e. The number of aromatic amines is 1. The highest BCUT2D eigenvalue weighted by Gasteiger charge is 2.29. The Balaban J connectivity index is 1.10. The molecule has 6 heteroatoms. The number of nitrogens with one attached hydrogen (secondary N) is 1. The van der Waals surface area contributed by atoms with Crippen LogP contribution in [0.25, 0.3) is 11.0 Å². The van der Waals surface area contributed by atoms with Gasteiger partial charge < -0.3 is 19.0 Å². The van der Waals surface area contributed by atoms with E-state index in [0.29, 0.717) is 24.7 Å². The van der Waals surface area contributed by atoms with Crippen molar-refractivity contribution in [2.24, 2.45) is 0 Å². The van der Waals surface area contributed by atoms with Gasteiger partial charge in [-0.2, -0.15) is 0 Å². The van der Waals surface area contributed by atoms with Gasteiger partial charge in [0, 0.05) is 19.0 Å². The average molecular weight is 442 g/mol. The van der Waals surface area contributed by atoms with Gasteiger partial charge in [0.2, 0.25) is 0 Å². The monoisotopic (exact) mass is 441 g/mol. The molecule has 2 aromatic carbocycles. The lowest BCUT2D eigenvalue weighted by atomic mass is 9.97. The zero-order valence-electron chi connectivity index (χ0n) is 18.5. The Kier molecular flexibility index (Phi) is 5.13. The van der Waals surface area contributed by atoms with E-state index in [1.165, 1.54) is 17.5 Å². The third-order valence-electron chi connectivity index (χ3n) is 6.83. The van der Waals surface area contributed by atoms with Gasteiger partial charge in [0.1, 0.15) is 23.9 Å². The minimum Gasteiger partial charge on any atom is -0.486 e. The van der Waals surface area contributed by atoms with Crippen molar-refractivity contribution in [1.29, 1.82) is 0 Å². The molecule has 6 rings (SSSR count). The van der Waals surface area contributed by atoms with Crippen molar-refractivity contribution in [2.45, 2.75) is 44.6 Å². The van der Waals surface area contributed by atoms with E-state index in [4.69, 9.17) is 14.1 Å². The number of nitrogens with zero attached hydrogens (tertiary/aromatic N) is 2. The minimum absolute atomic E-state index is 0.0698. The number of imidazole rings is 1. The number of benzene rings is 2. The van der Waals surface area contributed by atoms with Crippen molar-refractivity contribution in [1.82, 2.24) is 14.9 Å². The number of amides is 1. The fraction of sp³-hybridized carbons (Fsp3) is 0.333. The summed E-state index contributed by atoms with van der Waals surface area (Å²) in [6, 6.07) is 17.9. The Labute approximate surface area is 192 Å². The van der Waals surface area contributed by atoms with Gasteiger partial charge in [0.05, 0.1) is 11.0 Å². The van der Waals surface area contributed by atoms with Gasteiger partial charge in [0.25, 0.3) is 5.91 Å². The highest BCUT2D eigenvalue weighted by Crippen LogP contribution is 2.29. The van der Waals surface area contributed by atoms with E-state index in [1.807, 2.05) is 41.3 Å². The van der Waals surface area contributed by atoms with Crippen LogP contribution in [0.3, 0.4) is 0 Å². The average Bonchev–Trinajstić information content (AvgIpc) is 3.61. The van der Waals surface area contributed by atoms with Crippen molar-refractivity contribution in [3.05, 3.63) is 83.1 Å². The molecule has 0 saturated carbocycles. The third-order valence-corrected chi connectivity index (χ3v) is 6.83. The number of para-hydroxylation sites is 2. The topological polar surface area (TPSA) is 71.4 Å². The Hall–Kier alpha value is -3.54.